The molecule has 0 aliphatic heterocycles. The Kier molecular flexibility index (Phi) is 9.33. The molecule has 4 unspecified atom stereocenters. The third-order valence-electron chi connectivity index (χ3n) is 6.42. The lowest BCUT2D eigenvalue weighted by atomic mass is 9.88. The summed E-state index contributed by atoms with van der Waals surface area (Å²) in [6.07, 6.45) is -2.81. The van der Waals surface area contributed by atoms with Gasteiger partial charge in [0.15, 0.2) is 12.2 Å². The van der Waals surface area contributed by atoms with Crippen molar-refractivity contribution in [3.8, 4) is 59.2 Å². The Balaban J connectivity index is 2.09. The molecule has 5 heteroatoms. The largest absolute Gasteiger partial charge is 0.369 e. The molecule has 0 fully saturated rings. The number of rotatable bonds is 6. The lowest BCUT2D eigenvalue weighted by Crippen LogP contribution is -2.31. The van der Waals surface area contributed by atoms with Crippen molar-refractivity contribution < 1.29 is 24.4 Å². The lowest BCUT2D eigenvalue weighted by molar-refractivity contribution is 0.0760. The molecule has 41 heavy (non-hydrogen) atoms. The van der Waals surface area contributed by atoms with Crippen LogP contribution in [0.25, 0.3) is 0 Å². The van der Waals surface area contributed by atoms with E-state index in [1.807, 2.05) is 91.0 Å². The summed E-state index contributed by atoms with van der Waals surface area (Å²) in [6.45, 7) is 0. The summed E-state index contributed by atoms with van der Waals surface area (Å²) >= 11 is 0. The Morgan fingerprint density at radius 3 is 0.976 bits per heavy atom. The molecular formula is C36H28O5. The molecule has 1 aliphatic rings. The highest BCUT2D eigenvalue weighted by Crippen LogP contribution is 2.30. The molecule has 0 bridgehead atoms. The fourth-order valence-electron chi connectivity index (χ4n) is 4.13. The molecule has 5 nitrogen and oxygen atoms in total. The topological polar surface area (TPSA) is 68.2 Å². The minimum Gasteiger partial charge on any atom is -0.369 e. The van der Waals surface area contributed by atoms with Crippen molar-refractivity contribution in [2.75, 3.05) is 21.3 Å². The number of aliphatic hydroxyl groups is 2. The molecule has 0 saturated carbocycles. The molecule has 0 amide bonds. The van der Waals surface area contributed by atoms with Crippen LogP contribution in [0.1, 0.15) is 16.7 Å². The van der Waals surface area contributed by atoms with E-state index >= 15 is 0 Å². The van der Waals surface area contributed by atoms with Gasteiger partial charge in [0.2, 0.25) is 16.8 Å². The zero-order valence-electron chi connectivity index (χ0n) is 22.9. The normalized spacial score (nSPS) is 26.8. The molecule has 4 rings (SSSR count). The van der Waals surface area contributed by atoms with E-state index in [0.29, 0.717) is 16.7 Å². The highest BCUT2D eigenvalue weighted by atomic mass is 16.5. The molecule has 4 atom stereocenters. The quantitative estimate of drug-likeness (QED) is 0.470. The van der Waals surface area contributed by atoms with Crippen molar-refractivity contribution in [1.82, 2.24) is 0 Å². The number of hydrogen-bond donors (Lipinski definition) is 2. The maximum absolute atomic E-state index is 10.5. The number of ether oxygens (including phenoxy) is 3. The van der Waals surface area contributed by atoms with E-state index < -0.39 is 29.0 Å². The summed E-state index contributed by atoms with van der Waals surface area (Å²) in [5, 5.41) is 21.1. The van der Waals surface area contributed by atoms with E-state index in [-0.39, 0.29) is 0 Å². The smallest absolute Gasteiger partial charge is 0.216 e. The average molecular weight is 541 g/mol. The first kappa shape index (κ1) is 29.2. The molecule has 1 aliphatic carbocycles. The van der Waals surface area contributed by atoms with Crippen molar-refractivity contribution >= 4 is 0 Å². The molecular weight excluding hydrogens is 512 g/mol. The summed E-state index contributed by atoms with van der Waals surface area (Å²) in [6, 6.07) is 27.7. The van der Waals surface area contributed by atoms with Gasteiger partial charge in [0.1, 0.15) is 0 Å². The second-order valence-electron chi connectivity index (χ2n) is 8.89. The van der Waals surface area contributed by atoms with Crippen LogP contribution in [-0.4, -0.2) is 43.8 Å². The highest BCUT2D eigenvalue weighted by Gasteiger charge is 2.35. The SMILES string of the molecule is COC1(c2ccccc2)C#CC(O)C#CC(O)C#CC(OC)(c2ccccc2)C#CC(OC)(c2ccccc2)C#C1. The Morgan fingerprint density at radius 1 is 0.439 bits per heavy atom. The van der Waals surface area contributed by atoms with E-state index in [4.69, 9.17) is 14.2 Å². The van der Waals surface area contributed by atoms with Gasteiger partial charge in [0.05, 0.1) is 0 Å². The molecule has 2 N–H and O–H groups in total. The summed E-state index contributed by atoms with van der Waals surface area (Å²) in [5.74, 6) is 29.1. The monoisotopic (exact) mass is 540 g/mol. The third-order valence-corrected chi connectivity index (χ3v) is 6.42. The van der Waals surface area contributed by atoms with Crippen LogP contribution in [0.15, 0.2) is 91.0 Å². The molecule has 0 saturated heterocycles. The minimum atomic E-state index is -1.48. The third kappa shape index (κ3) is 6.53. The summed E-state index contributed by atoms with van der Waals surface area (Å²) in [7, 11) is 4.47. The fraction of sp³-hybridized carbons (Fsp3) is 0.222. The van der Waals surface area contributed by atoms with Gasteiger partial charge in [-0.1, -0.05) is 115 Å². The van der Waals surface area contributed by atoms with E-state index in [2.05, 4.69) is 59.2 Å². The summed E-state index contributed by atoms with van der Waals surface area (Å²) < 4.78 is 17.9. The van der Waals surface area contributed by atoms with Crippen molar-refractivity contribution in [2.24, 2.45) is 0 Å². The van der Waals surface area contributed by atoms with Crippen LogP contribution in [-0.2, 0) is 31.0 Å². The molecule has 0 spiro atoms. The maximum Gasteiger partial charge on any atom is 0.216 e. The van der Waals surface area contributed by atoms with Gasteiger partial charge in [0.25, 0.3) is 0 Å². The first-order chi connectivity index (χ1) is 19.9. The van der Waals surface area contributed by atoms with Crippen LogP contribution in [0.5, 0.6) is 0 Å². The van der Waals surface area contributed by atoms with Crippen molar-refractivity contribution in [2.45, 2.75) is 29.0 Å². The zero-order valence-corrected chi connectivity index (χ0v) is 22.9. The Morgan fingerprint density at radius 2 is 0.707 bits per heavy atom. The van der Waals surface area contributed by atoms with Crippen LogP contribution in [0.3, 0.4) is 0 Å². The second kappa shape index (κ2) is 13.1. The first-order valence-electron chi connectivity index (χ1n) is 12.7. The molecule has 202 valence electrons. The standard InChI is InChI=1S/C36H28O5/c1-39-34(29-13-7-4-8-14-29)23-21-32(37)19-20-33(38)22-24-35(40-2,30-15-9-5-10-16-30)26-28-36(41-3,27-25-34)31-17-11-6-12-18-31/h4-18,32-33,37-38H,1-3H3. The molecule has 0 radical (unpaired) electrons. The van der Waals surface area contributed by atoms with Gasteiger partial charge in [-0.15, -0.1) is 0 Å². The molecule has 0 aromatic heterocycles. The lowest BCUT2D eigenvalue weighted by Gasteiger charge is -2.26. The van der Waals surface area contributed by atoms with Crippen molar-refractivity contribution in [3.63, 3.8) is 0 Å². The van der Waals surface area contributed by atoms with Gasteiger partial charge in [0, 0.05) is 38.0 Å². The van der Waals surface area contributed by atoms with Crippen LogP contribution < -0.4 is 0 Å². The van der Waals surface area contributed by atoms with E-state index in [1.54, 1.807) is 0 Å². The van der Waals surface area contributed by atoms with E-state index in [1.165, 1.54) is 21.3 Å². The Bertz CT molecular complexity index is 1560. The van der Waals surface area contributed by atoms with Gasteiger partial charge in [-0.2, -0.15) is 0 Å². The average Bonchev–Trinajstić information content (AvgIpc) is 3.04. The Hall–Kier alpha value is -4.74. The fourth-order valence-corrected chi connectivity index (χ4v) is 4.13. The first-order valence-corrected chi connectivity index (χ1v) is 12.7. The van der Waals surface area contributed by atoms with Gasteiger partial charge >= 0.3 is 0 Å². The van der Waals surface area contributed by atoms with Crippen LogP contribution in [0, 0.1) is 59.2 Å². The van der Waals surface area contributed by atoms with E-state index in [0.717, 1.165) is 0 Å². The summed E-state index contributed by atoms with van der Waals surface area (Å²) in [4.78, 5) is 0. The minimum absolute atomic E-state index is 0.636. The van der Waals surface area contributed by atoms with Crippen LogP contribution in [0.2, 0.25) is 0 Å². The number of methoxy groups -OCH3 is 3. The maximum atomic E-state index is 10.5. The summed E-state index contributed by atoms with van der Waals surface area (Å²) in [5.41, 5.74) is -2.49. The van der Waals surface area contributed by atoms with Crippen LogP contribution >= 0.6 is 0 Å². The number of aliphatic hydroxyl groups excluding tert-OH is 2. The van der Waals surface area contributed by atoms with Crippen LogP contribution in [0.4, 0.5) is 0 Å². The molecule has 3 aromatic carbocycles. The predicted octanol–water partition coefficient (Wildman–Crippen LogP) is 3.36. The Labute approximate surface area is 241 Å². The number of benzene rings is 3. The van der Waals surface area contributed by atoms with Gasteiger partial charge in [-0.05, 0) is 35.5 Å². The van der Waals surface area contributed by atoms with E-state index in [9.17, 15) is 10.2 Å². The number of hydrogen-bond acceptors (Lipinski definition) is 5. The van der Waals surface area contributed by atoms with Crippen molar-refractivity contribution in [1.29, 1.82) is 0 Å². The second-order valence-corrected chi connectivity index (χ2v) is 8.89. The molecule has 0 heterocycles. The van der Waals surface area contributed by atoms with Gasteiger partial charge < -0.3 is 24.4 Å². The molecule has 3 aromatic rings. The van der Waals surface area contributed by atoms with Crippen molar-refractivity contribution in [3.05, 3.63) is 108 Å². The highest BCUT2D eigenvalue weighted by molar-refractivity contribution is 5.52. The predicted molar refractivity (Wildman–Crippen MR) is 156 cm³/mol. The zero-order chi connectivity index (χ0) is 29.2. The van der Waals surface area contributed by atoms with Gasteiger partial charge in [-0.25, -0.2) is 0 Å². The van der Waals surface area contributed by atoms with Gasteiger partial charge in [-0.3, -0.25) is 0 Å².